The monoisotopic (exact) mass is 374 g/mol. The van der Waals surface area contributed by atoms with Gasteiger partial charge in [-0.15, -0.1) is 0 Å². The first-order valence-electron chi connectivity index (χ1n) is 8.80. The van der Waals surface area contributed by atoms with E-state index in [-0.39, 0.29) is 5.96 Å². The van der Waals surface area contributed by atoms with Gasteiger partial charge < -0.3 is 21.1 Å². The van der Waals surface area contributed by atoms with E-state index in [2.05, 4.69) is 0 Å². The SMILES string of the molecule is N=C(N)N(Cc1ccccc1)c1ccc(C(N)=O)cc1OCc1ccccc1. The number of ether oxygens (including phenoxy) is 1. The molecule has 0 radical (unpaired) electrons. The van der Waals surface area contributed by atoms with Crippen LogP contribution >= 0.6 is 0 Å². The van der Waals surface area contributed by atoms with E-state index in [1.165, 1.54) is 0 Å². The number of amides is 1. The number of hydrogen-bond donors (Lipinski definition) is 3. The smallest absolute Gasteiger partial charge is 0.248 e. The predicted molar refractivity (Wildman–Crippen MR) is 110 cm³/mol. The van der Waals surface area contributed by atoms with Gasteiger partial charge in [0, 0.05) is 5.56 Å². The number of carbonyl (C=O) groups is 1. The summed E-state index contributed by atoms with van der Waals surface area (Å²) >= 11 is 0. The van der Waals surface area contributed by atoms with E-state index in [0.717, 1.165) is 11.1 Å². The number of carbonyl (C=O) groups excluding carboxylic acids is 1. The number of nitrogens with one attached hydrogen (secondary N) is 1. The van der Waals surface area contributed by atoms with E-state index in [1.54, 1.807) is 23.1 Å². The van der Waals surface area contributed by atoms with Gasteiger partial charge in [-0.25, -0.2) is 0 Å². The molecule has 0 aliphatic carbocycles. The average Bonchev–Trinajstić information content (AvgIpc) is 2.71. The molecule has 0 unspecified atom stereocenters. The van der Waals surface area contributed by atoms with Crippen LogP contribution in [0.25, 0.3) is 0 Å². The highest BCUT2D eigenvalue weighted by atomic mass is 16.5. The zero-order chi connectivity index (χ0) is 19.9. The third-order valence-electron chi connectivity index (χ3n) is 4.25. The molecule has 6 nitrogen and oxygen atoms in total. The van der Waals surface area contributed by atoms with Crippen molar-refractivity contribution < 1.29 is 9.53 Å². The van der Waals surface area contributed by atoms with Gasteiger partial charge in [0.05, 0.1) is 12.2 Å². The summed E-state index contributed by atoms with van der Waals surface area (Å²) in [6.45, 7) is 0.709. The quantitative estimate of drug-likeness (QED) is 0.436. The Balaban J connectivity index is 1.94. The second-order valence-electron chi connectivity index (χ2n) is 6.28. The molecule has 0 heterocycles. The molecule has 6 heteroatoms. The molecule has 0 bridgehead atoms. The first kappa shape index (κ1) is 19.0. The first-order valence-corrected chi connectivity index (χ1v) is 8.80. The maximum absolute atomic E-state index is 11.6. The second kappa shape index (κ2) is 8.73. The molecule has 0 saturated heterocycles. The number of rotatable bonds is 7. The standard InChI is InChI=1S/C22H22N4O2/c23-21(27)18-11-12-19(20(13-18)28-15-17-9-5-2-6-10-17)26(22(24)25)14-16-7-3-1-4-8-16/h1-13H,14-15H2,(H2,23,27)(H3,24,25). The molecule has 0 aliphatic rings. The van der Waals surface area contributed by atoms with Crippen molar-refractivity contribution in [3.8, 4) is 5.75 Å². The molecule has 0 aliphatic heterocycles. The lowest BCUT2D eigenvalue weighted by Crippen LogP contribution is -2.36. The molecule has 0 atom stereocenters. The van der Waals surface area contributed by atoms with E-state index in [9.17, 15) is 4.79 Å². The van der Waals surface area contributed by atoms with Crippen molar-refractivity contribution >= 4 is 17.6 Å². The fraction of sp³-hybridized carbons (Fsp3) is 0.0909. The number of primary amides is 1. The molecule has 3 rings (SSSR count). The molecule has 142 valence electrons. The minimum absolute atomic E-state index is 0.125. The molecule has 0 aromatic heterocycles. The van der Waals surface area contributed by atoms with Crippen LogP contribution < -0.4 is 21.1 Å². The Morgan fingerprint density at radius 3 is 2.07 bits per heavy atom. The molecular weight excluding hydrogens is 352 g/mol. The Bertz CT molecular complexity index is 959. The number of nitrogens with zero attached hydrogens (tertiary/aromatic N) is 1. The fourth-order valence-electron chi connectivity index (χ4n) is 2.81. The minimum atomic E-state index is -0.548. The topological polar surface area (TPSA) is 105 Å². The molecule has 5 N–H and O–H groups in total. The lowest BCUT2D eigenvalue weighted by molar-refractivity contribution is 0.1000. The van der Waals surface area contributed by atoms with Gasteiger partial charge in [0.15, 0.2) is 5.96 Å². The van der Waals surface area contributed by atoms with Crippen LogP contribution in [0.4, 0.5) is 5.69 Å². The van der Waals surface area contributed by atoms with Crippen molar-refractivity contribution in [2.75, 3.05) is 4.90 Å². The van der Waals surface area contributed by atoms with Crippen LogP contribution in [0, 0.1) is 5.41 Å². The predicted octanol–water partition coefficient (Wildman–Crippen LogP) is 3.26. The van der Waals surface area contributed by atoms with Gasteiger partial charge in [-0.2, -0.15) is 0 Å². The van der Waals surface area contributed by atoms with Gasteiger partial charge in [-0.05, 0) is 29.3 Å². The zero-order valence-electron chi connectivity index (χ0n) is 15.3. The summed E-state index contributed by atoms with van der Waals surface area (Å²) < 4.78 is 5.98. The summed E-state index contributed by atoms with van der Waals surface area (Å²) in [5.74, 6) is -0.236. The van der Waals surface area contributed by atoms with Gasteiger partial charge in [0.1, 0.15) is 12.4 Å². The highest BCUT2D eigenvalue weighted by molar-refractivity contribution is 5.97. The Labute approximate surface area is 163 Å². The maximum atomic E-state index is 11.6. The maximum Gasteiger partial charge on any atom is 0.248 e. The van der Waals surface area contributed by atoms with E-state index in [0.29, 0.717) is 30.2 Å². The zero-order valence-corrected chi connectivity index (χ0v) is 15.3. The van der Waals surface area contributed by atoms with Crippen LogP contribution in [0.5, 0.6) is 5.75 Å². The summed E-state index contributed by atoms with van der Waals surface area (Å²) in [6, 6.07) is 24.3. The van der Waals surface area contributed by atoms with Crippen molar-refractivity contribution in [3.05, 3.63) is 95.6 Å². The Morgan fingerprint density at radius 1 is 0.893 bits per heavy atom. The van der Waals surface area contributed by atoms with E-state index in [4.69, 9.17) is 21.6 Å². The van der Waals surface area contributed by atoms with Gasteiger partial charge in [0.2, 0.25) is 5.91 Å². The summed E-state index contributed by atoms with van der Waals surface area (Å²) in [6.07, 6.45) is 0. The molecule has 3 aromatic rings. The van der Waals surface area contributed by atoms with Crippen molar-refractivity contribution in [2.24, 2.45) is 11.5 Å². The summed E-state index contributed by atoms with van der Waals surface area (Å²) in [4.78, 5) is 13.2. The molecule has 0 spiro atoms. The van der Waals surface area contributed by atoms with Gasteiger partial charge >= 0.3 is 0 Å². The van der Waals surface area contributed by atoms with Gasteiger partial charge in [-0.1, -0.05) is 60.7 Å². The van der Waals surface area contributed by atoms with Crippen LogP contribution in [0.2, 0.25) is 0 Å². The number of nitrogens with two attached hydrogens (primary N) is 2. The van der Waals surface area contributed by atoms with E-state index >= 15 is 0 Å². The largest absolute Gasteiger partial charge is 0.487 e. The molecule has 0 fully saturated rings. The van der Waals surface area contributed by atoms with Crippen LogP contribution in [0.3, 0.4) is 0 Å². The van der Waals surface area contributed by atoms with E-state index in [1.807, 2.05) is 60.7 Å². The third kappa shape index (κ3) is 4.67. The highest BCUT2D eigenvalue weighted by Crippen LogP contribution is 2.31. The Morgan fingerprint density at radius 2 is 1.50 bits per heavy atom. The van der Waals surface area contributed by atoms with Crippen molar-refractivity contribution in [1.82, 2.24) is 0 Å². The minimum Gasteiger partial charge on any atom is -0.487 e. The van der Waals surface area contributed by atoms with E-state index < -0.39 is 5.91 Å². The van der Waals surface area contributed by atoms with Gasteiger partial charge in [0.25, 0.3) is 0 Å². The van der Waals surface area contributed by atoms with Gasteiger partial charge in [-0.3, -0.25) is 10.2 Å². The number of hydrogen-bond acceptors (Lipinski definition) is 3. The second-order valence-corrected chi connectivity index (χ2v) is 6.28. The number of guanidine groups is 1. The van der Waals surface area contributed by atoms with Crippen molar-refractivity contribution in [1.29, 1.82) is 5.41 Å². The summed E-state index contributed by atoms with van der Waals surface area (Å²) in [7, 11) is 0. The van der Waals surface area contributed by atoms with Crippen LogP contribution in [-0.2, 0) is 13.2 Å². The fourth-order valence-corrected chi connectivity index (χ4v) is 2.81. The molecule has 1 amide bonds. The first-order chi connectivity index (χ1) is 13.5. The normalized spacial score (nSPS) is 10.3. The number of anilines is 1. The van der Waals surface area contributed by atoms with Crippen LogP contribution in [-0.4, -0.2) is 11.9 Å². The van der Waals surface area contributed by atoms with Crippen molar-refractivity contribution in [3.63, 3.8) is 0 Å². The number of benzene rings is 3. The Kier molecular flexibility index (Phi) is 5.91. The van der Waals surface area contributed by atoms with Crippen molar-refractivity contribution in [2.45, 2.75) is 13.2 Å². The highest BCUT2D eigenvalue weighted by Gasteiger charge is 2.18. The summed E-state index contributed by atoms with van der Waals surface area (Å²) in [5, 5.41) is 8.03. The lowest BCUT2D eigenvalue weighted by Gasteiger charge is -2.25. The van der Waals surface area contributed by atoms with Crippen LogP contribution in [0.15, 0.2) is 78.9 Å². The molecule has 0 saturated carbocycles. The van der Waals surface area contributed by atoms with Crippen LogP contribution in [0.1, 0.15) is 21.5 Å². The molecular formula is C22H22N4O2. The summed E-state index contributed by atoms with van der Waals surface area (Å²) in [5.41, 5.74) is 14.2. The third-order valence-corrected chi connectivity index (χ3v) is 4.25. The molecule has 28 heavy (non-hydrogen) atoms. The average molecular weight is 374 g/mol. The lowest BCUT2D eigenvalue weighted by atomic mass is 10.1. The molecule has 3 aromatic carbocycles. The Hall–Kier alpha value is -3.80.